The number of anilines is 1. The van der Waals surface area contributed by atoms with Gasteiger partial charge in [0, 0.05) is 0 Å². The Morgan fingerprint density at radius 2 is 1.67 bits per heavy atom. The lowest BCUT2D eigenvalue weighted by atomic mass is 10.1. The van der Waals surface area contributed by atoms with Crippen LogP contribution in [0, 0.1) is 13.8 Å². The van der Waals surface area contributed by atoms with Crippen LogP contribution in [-0.2, 0) is 11.2 Å². The normalized spacial score (nSPS) is 11.0. The van der Waals surface area contributed by atoms with Crippen LogP contribution in [0.15, 0.2) is 54.6 Å². The predicted molar refractivity (Wildman–Crippen MR) is 133 cm³/mol. The topological polar surface area (TPSA) is 69.0 Å². The van der Waals surface area contributed by atoms with Crippen LogP contribution in [0.4, 0.5) is 5.69 Å². The van der Waals surface area contributed by atoms with Gasteiger partial charge < -0.3 is 10.1 Å². The van der Waals surface area contributed by atoms with Crippen molar-refractivity contribution in [2.24, 2.45) is 0 Å². The number of unbranched alkanes of at least 4 members (excludes halogenated alkanes) is 1. The Labute approximate surface area is 198 Å². The highest BCUT2D eigenvalue weighted by atomic mass is 35.5. The van der Waals surface area contributed by atoms with Crippen molar-refractivity contribution in [2.75, 3.05) is 11.9 Å². The lowest BCUT2D eigenvalue weighted by Gasteiger charge is -2.10. The Morgan fingerprint density at radius 3 is 2.33 bits per heavy atom. The minimum absolute atomic E-state index is 0.117. The van der Waals surface area contributed by atoms with Gasteiger partial charge in [-0.25, -0.2) is 0 Å². The largest absolute Gasteiger partial charge is 0.484 e. The summed E-state index contributed by atoms with van der Waals surface area (Å²) in [6.45, 7) is 6.05. The fourth-order valence-electron chi connectivity index (χ4n) is 3.68. The second-order valence-electron chi connectivity index (χ2n) is 8.24. The van der Waals surface area contributed by atoms with Crippen molar-refractivity contribution in [3.05, 3.63) is 76.3 Å². The molecule has 1 amide bonds. The number of fused-ring (bicyclic) bond motifs is 1. The van der Waals surface area contributed by atoms with E-state index in [2.05, 4.69) is 40.6 Å². The zero-order valence-electron chi connectivity index (χ0n) is 19.1. The third-order valence-corrected chi connectivity index (χ3v) is 5.61. The summed E-state index contributed by atoms with van der Waals surface area (Å²) < 4.78 is 5.64. The first-order valence-electron chi connectivity index (χ1n) is 11.1. The molecular formula is C26H27ClN4O2. The molecule has 0 aliphatic heterocycles. The molecule has 1 aromatic heterocycles. The number of amides is 1. The van der Waals surface area contributed by atoms with Crippen LogP contribution in [0.2, 0.25) is 5.02 Å². The molecule has 1 N–H and O–H groups in total. The van der Waals surface area contributed by atoms with E-state index in [1.807, 2.05) is 38.1 Å². The number of aromatic nitrogens is 3. The highest BCUT2D eigenvalue weighted by Gasteiger charge is 2.12. The van der Waals surface area contributed by atoms with Gasteiger partial charge in [0.1, 0.15) is 16.8 Å². The Hall–Kier alpha value is -3.38. The Bertz CT molecular complexity index is 1260. The zero-order chi connectivity index (χ0) is 23.4. The second-order valence-corrected chi connectivity index (χ2v) is 8.65. The number of ether oxygens (including phenoxy) is 1. The molecule has 0 spiro atoms. The maximum atomic E-state index is 12.4. The Balaban J connectivity index is 1.46. The number of nitrogens with one attached hydrogen (secondary N) is 1. The van der Waals surface area contributed by atoms with Gasteiger partial charge in [-0.05, 0) is 79.8 Å². The standard InChI is InChI=1S/C26H27ClN4O2/c1-4-5-6-19-7-9-20(10-8-19)31-29-24-14-22(27)23(15-25(24)30-31)28-26(32)16-33-21-12-17(2)11-18(3)13-21/h7-15H,4-6,16H2,1-3H3,(H,28,32). The molecule has 4 rings (SSSR count). The summed E-state index contributed by atoms with van der Waals surface area (Å²) in [6, 6.07) is 17.5. The first-order valence-corrected chi connectivity index (χ1v) is 11.5. The van der Waals surface area contributed by atoms with Crippen LogP contribution in [0.1, 0.15) is 36.5 Å². The number of halogens is 1. The first-order chi connectivity index (χ1) is 15.9. The van der Waals surface area contributed by atoms with Crippen LogP contribution in [-0.4, -0.2) is 27.5 Å². The summed E-state index contributed by atoms with van der Waals surface area (Å²) >= 11 is 6.40. The minimum Gasteiger partial charge on any atom is -0.484 e. The number of hydrogen-bond donors (Lipinski definition) is 1. The van der Waals surface area contributed by atoms with Crippen molar-refractivity contribution in [1.82, 2.24) is 15.0 Å². The van der Waals surface area contributed by atoms with Gasteiger partial charge in [-0.3, -0.25) is 4.79 Å². The van der Waals surface area contributed by atoms with E-state index in [9.17, 15) is 4.79 Å². The highest BCUT2D eigenvalue weighted by Crippen LogP contribution is 2.27. The summed E-state index contributed by atoms with van der Waals surface area (Å²) in [5.41, 5.74) is 6.10. The molecule has 0 fully saturated rings. The van der Waals surface area contributed by atoms with Crippen LogP contribution in [0.5, 0.6) is 5.75 Å². The number of nitrogens with zero attached hydrogens (tertiary/aromatic N) is 3. The van der Waals surface area contributed by atoms with E-state index >= 15 is 0 Å². The van der Waals surface area contributed by atoms with Gasteiger partial charge in [0.25, 0.3) is 5.91 Å². The van der Waals surface area contributed by atoms with Gasteiger partial charge in [0.05, 0.1) is 16.4 Å². The molecule has 33 heavy (non-hydrogen) atoms. The molecule has 0 saturated carbocycles. The molecule has 0 aliphatic rings. The fourth-order valence-corrected chi connectivity index (χ4v) is 3.88. The van der Waals surface area contributed by atoms with E-state index in [1.165, 1.54) is 18.4 Å². The number of rotatable bonds is 8. The average molecular weight is 463 g/mol. The van der Waals surface area contributed by atoms with Gasteiger partial charge in [0.2, 0.25) is 0 Å². The van der Waals surface area contributed by atoms with Crippen LogP contribution in [0.25, 0.3) is 16.7 Å². The van der Waals surface area contributed by atoms with E-state index in [-0.39, 0.29) is 12.5 Å². The molecule has 0 atom stereocenters. The van der Waals surface area contributed by atoms with Crippen molar-refractivity contribution in [2.45, 2.75) is 40.0 Å². The predicted octanol–water partition coefficient (Wildman–Crippen LogP) is 6.05. The van der Waals surface area contributed by atoms with Gasteiger partial charge in [0.15, 0.2) is 6.61 Å². The molecule has 7 heteroatoms. The first kappa shape index (κ1) is 22.8. The molecule has 4 aromatic rings. The van der Waals surface area contributed by atoms with E-state index in [1.54, 1.807) is 16.9 Å². The van der Waals surface area contributed by atoms with E-state index < -0.39 is 0 Å². The molecule has 0 radical (unpaired) electrons. The molecule has 170 valence electrons. The highest BCUT2D eigenvalue weighted by molar-refractivity contribution is 6.34. The SMILES string of the molecule is CCCCc1ccc(-n2nc3cc(Cl)c(NC(=O)COc4cc(C)cc(C)c4)cc3n2)cc1. The van der Waals surface area contributed by atoms with E-state index in [0.717, 1.165) is 23.2 Å². The second kappa shape index (κ2) is 10.0. The average Bonchev–Trinajstić information content (AvgIpc) is 3.19. The van der Waals surface area contributed by atoms with E-state index in [0.29, 0.717) is 27.5 Å². The third kappa shape index (κ3) is 5.71. The Kier molecular flexibility index (Phi) is 6.94. The van der Waals surface area contributed by atoms with Crippen molar-refractivity contribution in [3.63, 3.8) is 0 Å². The Morgan fingerprint density at radius 1 is 1.00 bits per heavy atom. The van der Waals surface area contributed by atoms with E-state index in [4.69, 9.17) is 16.3 Å². The van der Waals surface area contributed by atoms with Crippen LogP contribution < -0.4 is 10.1 Å². The van der Waals surface area contributed by atoms with Crippen molar-refractivity contribution in [3.8, 4) is 11.4 Å². The number of hydrogen-bond acceptors (Lipinski definition) is 4. The number of benzene rings is 3. The van der Waals surface area contributed by atoms with Crippen molar-refractivity contribution >= 4 is 34.2 Å². The lowest BCUT2D eigenvalue weighted by Crippen LogP contribution is -2.20. The summed E-state index contributed by atoms with van der Waals surface area (Å²) in [5.74, 6) is 0.360. The van der Waals surface area contributed by atoms with Gasteiger partial charge in [-0.1, -0.05) is 43.1 Å². The maximum Gasteiger partial charge on any atom is 0.262 e. The summed E-state index contributed by atoms with van der Waals surface area (Å²) in [7, 11) is 0. The molecule has 0 unspecified atom stereocenters. The van der Waals surface area contributed by atoms with Crippen LogP contribution >= 0.6 is 11.6 Å². The summed E-state index contributed by atoms with van der Waals surface area (Å²) in [4.78, 5) is 14.0. The third-order valence-electron chi connectivity index (χ3n) is 5.29. The molecule has 3 aromatic carbocycles. The number of carbonyl (C=O) groups is 1. The number of aryl methyl sites for hydroxylation is 3. The quantitative estimate of drug-likeness (QED) is 0.346. The monoisotopic (exact) mass is 462 g/mol. The van der Waals surface area contributed by atoms with Crippen LogP contribution in [0.3, 0.4) is 0 Å². The molecule has 1 heterocycles. The summed E-state index contributed by atoms with van der Waals surface area (Å²) in [6.07, 6.45) is 3.41. The van der Waals surface area contributed by atoms with Crippen molar-refractivity contribution < 1.29 is 9.53 Å². The van der Waals surface area contributed by atoms with Gasteiger partial charge in [-0.15, -0.1) is 10.2 Å². The molecule has 0 aliphatic carbocycles. The van der Waals surface area contributed by atoms with Crippen molar-refractivity contribution in [1.29, 1.82) is 0 Å². The summed E-state index contributed by atoms with van der Waals surface area (Å²) in [5, 5.41) is 12.3. The lowest BCUT2D eigenvalue weighted by molar-refractivity contribution is -0.118. The minimum atomic E-state index is -0.300. The zero-order valence-corrected chi connectivity index (χ0v) is 19.8. The smallest absolute Gasteiger partial charge is 0.262 e. The molecule has 0 saturated heterocycles. The van der Waals surface area contributed by atoms with Gasteiger partial charge >= 0.3 is 0 Å². The van der Waals surface area contributed by atoms with Gasteiger partial charge in [-0.2, -0.15) is 4.80 Å². The molecule has 0 bridgehead atoms. The maximum absolute atomic E-state index is 12.4. The molecule has 6 nitrogen and oxygen atoms in total. The fraction of sp³-hybridized carbons (Fsp3) is 0.269. The number of carbonyl (C=O) groups excluding carboxylic acids is 1. The molecular weight excluding hydrogens is 436 g/mol.